The fourth-order valence-corrected chi connectivity index (χ4v) is 9.58. The minimum Gasteiger partial charge on any atom is -0.310 e. The van der Waals surface area contributed by atoms with E-state index in [1.165, 1.54) is 116 Å². The van der Waals surface area contributed by atoms with Gasteiger partial charge in [0, 0.05) is 17.8 Å². The van der Waals surface area contributed by atoms with Gasteiger partial charge in [-0.25, -0.2) is 0 Å². The summed E-state index contributed by atoms with van der Waals surface area (Å²) in [7, 11) is 0. The van der Waals surface area contributed by atoms with Crippen molar-refractivity contribution < 1.29 is 0 Å². The van der Waals surface area contributed by atoms with Crippen molar-refractivity contribution in [2.45, 2.75) is 41.0 Å². The van der Waals surface area contributed by atoms with E-state index < -0.39 is 0 Å². The second-order valence-electron chi connectivity index (χ2n) is 15.9. The van der Waals surface area contributed by atoms with E-state index in [2.05, 4.69) is 209 Å². The molecule has 1 heteroatoms. The summed E-state index contributed by atoms with van der Waals surface area (Å²) in [5.74, 6) is 0. The van der Waals surface area contributed by atoms with Crippen LogP contribution in [0.1, 0.15) is 38.9 Å². The van der Waals surface area contributed by atoms with Gasteiger partial charge in [-0.3, -0.25) is 0 Å². The maximum Gasteiger partial charge on any atom is 0.0503 e. The number of nitrogens with zero attached hydrogens (tertiary/aromatic N) is 1. The Morgan fingerprint density at radius 3 is 1.63 bits per heavy atom. The number of rotatable bonds is 6. The van der Waals surface area contributed by atoms with Gasteiger partial charge in [-0.15, -0.1) is 0 Å². The van der Waals surface area contributed by atoms with Crippen molar-refractivity contribution in [2.24, 2.45) is 0 Å². The highest BCUT2D eigenvalue weighted by atomic mass is 15.1. The van der Waals surface area contributed by atoms with Gasteiger partial charge in [0.25, 0.3) is 0 Å². The van der Waals surface area contributed by atoms with Crippen LogP contribution in [0, 0.1) is 34.6 Å². The van der Waals surface area contributed by atoms with Crippen LogP contribution < -0.4 is 4.90 Å². The van der Waals surface area contributed by atoms with E-state index in [9.17, 15) is 0 Å². The molecule has 0 heterocycles. The maximum absolute atomic E-state index is 2.54. The van der Waals surface area contributed by atoms with Crippen molar-refractivity contribution in [1.82, 2.24) is 0 Å². The molecule has 9 aromatic rings. The first-order valence-electron chi connectivity index (χ1n) is 20.2. The average Bonchev–Trinajstić information content (AvgIpc) is 3.62. The Labute approximate surface area is 336 Å². The first kappa shape index (κ1) is 34.8. The van der Waals surface area contributed by atoms with Gasteiger partial charge < -0.3 is 4.90 Å². The first-order valence-corrected chi connectivity index (χ1v) is 20.2. The molecule has 10 rings (SSSR count). The molecule has 0 radical (unpaired) electrons. The van der Waals surface area contributed by atoms with Gasteiger partial charge in [-0.05, 0) is 170 Å². The molecular weight excluding hydrogens is 687 g/mol. The van der Waals surface area contributed by atoms with E-state index >= 15 is 0 Å². The summed E-state index contributed by atoms with van der Waals surface area (Å²) in [4.78, 5) is 2.54. The topological polar surface area (TPSA) is 3.24 Å². The fourth-order valence-electron chi connectivity index (χ4n) is 9.58. The lowest BCUT2D eigenvalue weighted by atomic mass is 9.84. The molecule has 0 aromatic heterocycles. The number of aryl methyl sites for hydroxylation is 3. The lowest BCUT2D eigenvalue weighted by Gasteiger charge is -2.30. The Hall–Kier alpha value is -6.70. The van der Waals surface area contributed by atoms with Crippen LogP contribution in [0.25, 0.3) is 66.1 Å². The molecule has 0 amide bonds. The number of hydrogen-bond donors (Lipinski definition) is 0. The fraction of sp³-hybridized carbons (Fsp3) is 0.107. The van der Waals surface area contributed by atoms with Crippen LogP contribution in [0.2, 0.25) is 0 Å². The molecular formula is C56H45N. The van der Waals surface area contributed by atoms with Crippen LogP contribution in [-0.2, 0) is 6.42 Å². The Morgan fingerprint density at radius 2 is 0.930 bits per heavy atom. The van der Waals surface area contributed by atoms with Crippen LogP contribution >= 0.6 is 0 Å². The van der Waals surface area contributed by atoms with Gasteiger partial charge in [0.1, 0.15) is 0 Å². The molecule has 1 aliphatic rings. The summed E-state index contributed by atoms with van der Waals surface area (Å²) in [6.07, 6.45) is 0.906. The summed E-state index contributed by atoms with van der Waals surface area (Å²) in [6.45, 7) is 11.3. The zero-order valence-corrected chi connectivity index (χ0v) is 33.3. The summed E-state index contributed by atoms with van der Waals surface area (Å²) in [6, 6.07) is 63.2. The second-order valence-corrected chi connectivity index (χ2v) is 15.9. The molecule has 0 unspecified atom stereocenters. The predicted molar refractivity (Wildman–Crippen MR) is 244 cm³/mol. The van der Waals surface area contributed by atoms with Crippen molar-refractivity contribution >= 4 is 38.6 Å². The molecule has 0 aliphatic heterocycles. The van der Waals surface area contributed by atoms with Crippen LogP contribution in [0.15, 0.2) is 170 Å². The monoisotopic (exact) mass is 731 g/mol. The summed E-state index contributed by atoms with van der Waals surface area (Å²) >= 11 is 0. The molecule has 274 valence electrons. The largest absolute Gasteiger partial charge is 0.310 e. The molecule has 0 saturated carbocycles. The molecule has 0 N–H and O–H groups in total. The SMILES string of the molecule is Cc1ccccc1-c1cccc(N(c2ccc3ccc4cc(-c5ccccc5C)c(C)c(-c5ccccc5C)c4c3c2)c2cccc3c2Cc2ccccc2-3)c1C. The molecule has 0 bridgehead atoms. The highest BCUT2D eigenvalue weighted by Gasteiger charge is 2.27. The third kappa shape index (κ3) is 5.68. The number of hydrogen-bond acceptors (Lipinski definition) is 1. The lowest BCUT2D eigenvalue weighted by Crippen LogP contribution is -2.14. The van der Waals surface area contributed by atoms with Crippen molar-refractivity contribution in [3.8, 4) is 44.5 Å². The summed E-state index contributed by atoms with van der Waals surface area (Å²) in [5, 5.41) is 5.05. The van der Waals surface area contributed by atoms with E-state index in [4.69, 9.17) is 0 Å². The zero-order valence-electron chi connectivity index (χ0n) is 33.3. The van der Waals surface area contributed by atoms with E-state index in [0.29, 0.717) is 0 Å². The van der Waals surface area contributed by atoms with E-state index in [1.807, 2.05) is 0 Å². The third-order valence-corrected chi connectivity index (χ3v) is 12.5. The molecule has 1 nitrogen and oxygen atoms in total. The Balaban J connectivity index is 1.28. The number of fused-ring (bicyclic) bond motifs is 6. The smallest absolute Gasteiger partial charge is 0.0503 e. The molecule has 9 aromatic carbocycles. The van der Waals surface area contributed by atoms with Crippen molar-refractivity contribution in [2.75, 3.05) is 4.90 Å². The van der Waals surface area contributed by atoms with Crippen molar-refractivity contribution in [3.63, 3.8) is 0 Å². The predicted octanol–water partition coefficient (Wildman–Crippen LogP) is 15.6. The minimum absolute atomic E-state index is 0.906. The first-order chi connectivity index (χ1) is 27.9. The highest BCUT2D eigenvalue weighted by molar-refractivity contribution is 6.18. The van der Waals surface area contributed by atoms with Crippen molar-refractivity contribution in [1.29, 1.82) is 0 Å². The number of benzene rings is 9. The average molecular weight is 732 g/mol. The van der Waals surface area contributed by atoms with Gasteiger partial charge in [0.05, 0.1) is 5.69 Å². The van der Waals surface area contributed by atoms with Gasteiger partial charge in [-0.1, -0.05) is 140 Å². The molecule has 0 atom stereocenters. The van der Waals surface area contributed by atoms with Crippen LogP contribution in [0.4, 0.5) is 17.1 Å². The third-order valence-electron chi connectivity index (χ3n) is 12.5. The second kappa shape index (κ2) is 13.8. The highest BCUT2D eigenvalue weighted by Crippen LogP contribution is 2.49. The van der Waals surface area contributed by atoms with E-state index in [-0.39, 0.29) is 0 Å². The van der Waals surface area contributed by atoms with Gasteiger partial charge in [0.15, 0.2) is 0 Å². The normalized spacial score (nSPS) is 11.9. The van der Waals surface area contributed by atoms with Gasteiger partial charge >= 0.3 is 0 Å². The van der Waals surface area contributed by atoms with Crippen LogP contribution in [-0.4, -0.2) is 0 Å². The van der Waals surface area contributed by atoms with Crippen molar-refractivity contribution in [3.05, 3.63) is 209 Å². The molecule has 0 saturated heterocycles. The Morgan fingerprint density at radius 1 is 0.386 bits per heavy atom. The molecule has 0 fully saturated rings. The van der Waals surface area contributed by atoms with Gasteiger partial charge in [0.2, 0.25) is 0 Å². The minimum atomic E-state index is 0.906. The maximum atomic E-state index is 2.54. The van der Waals surface area contributed by atoms with Crippen LogP contribution in [0.3, 0.4) is 0 Å². The van der Waals surface area contributed by atoms with E-state index in [1.54, 1.807) is 0 Å². The molecule has 57 heavy (non-hydrogen) atoms. The molecule has 1 aliphatic carbocycles. The van der Waals surface area contributed by atoms with E-state index in [0.717, 1.165) is 12.1 Å². The number of anilines is 3. The quantitative estimate of drug-likeness (QED) is 0.154. The lowest BCUT2D eigenvalue weighted by molar-refractivity contribution is 1.19. The Bertz CT molecular complexity index is 3050. The van der Waals surface area contributed by atoms with Crippen LogP contribution in [0.5, 0.6) is 0 Å². The van der Waals surface area contributed by atoms with Gasteiger partial charge in [-0.2, -0.15) is 0 Å². The summed E-state index contributed by atoms with van der Waals surface area (Å²) in [5.41, 5.74) is 23.1. The summed E-state index contributed by atoms with van der Waals surface area (Å²) < 4.78 is 0. The zero-order chi connectivity index (χ0) is 38.8. The Kier molecular flexibility index (Phi) is 8.42. The molecule has 0 spiro atoms. The standard InChI is InChI=1S/C56H45N/c1-35-16-6-10-20-44(35)47-24-14-26-53(38(47)4)57(54-27-15-25-49-48-23-13-9-19-41(48)32-52(49)54)43-31-30-40-28-29-42-33-50(45-21-11-7-17-36(45)2)39(5)55(56(42)51(40)34-43)46-22-12-8-18-37(46)3/h6-31,33-34H,32H2,1-5H3.